The van der Waals surface area contributed by atoms with Gasteiger partial charge in [0.2, 0.25) is 0 Å². The zero-order valence-corrected chi connectivity index (χ0v) is 11.2. The Morgan fingerprint density at radius 3 is 2.95 bits per heavy atom. The van der Waals surface area contributed by atoms with Gasteiger partial charge in [-0.25, -0.2) is 0 Å². The molecule has 0 radical (unpaired) electrons. The molecular weight excluding hydrogens is 289 g/mol. The molecule has 2 aliphatic rings. The second-order valence-electron chi connectivity index (χ2n) is 4.72. The standard InChI is InChI=1S/C12H9Cl2N3O2/c13-9-2-1-6(3-10(9)14)12-7(4-16-17-15)8(12)5-19-11(12)18/h1-3,7-8H,4-5H2/t7-,8-,12+/m1/s1. The molecule has 1 saturated carbocycles. The number of carbonyl (C=O) groups is 1. The predicted molar refractivity (Wildman–Crippen MR) is 70.1 cm³/mol. The number of rotatable bonds is 3. The Kier molecular flexibility index (Phi) is 2.86. The van der Waals surface area contributed by atoms with Crippen LogP contribution in [0.1, 0.15) is 5.56 Å². The van der Waals surface area contributed by atoms with Crippen LogP contribution in [-0.2, 0) is 14.9 Å². The fourth-order valence-corrected chi connectivity index (χ4v) is 3.37. The average molecular weight is 298 g/mol. The number of halogens is 2. The smallest absolute Gasteiger partial charge is 0.317 e. The van der Waals surface area contributed by atoms with Crippen molar-refractivity contribution in [3.8, 4) is 0 Å². The fraction of sp³-hybridized carbons (Fsp3) is 0.417. The summed E-state index contributed by atoms with van der Waals surface area (Å²) in [5.74, 6) is -0.223. The van der Waals surface area contributed by atoms with Crippen LogP contribution in [0, 0.1) is 11.8 Å². The molecule has 1 heterocycles. The average Bonchev–Trinajstić information content (AvgIpc) is 2.92. The Hall–Kier alpha value is -1.42. The summed E-state index contributed by atoms with van der Waals surface area (Å²) in [4.78, 5) is 14.8. The third kappa shape index (κ3) is 1.62. The van der Waals surface area contributed by atoms with Crippen LogP contribution in [0.2, 0.25) is 10.0 Å². The van der Waals surface area contributed by atoms with Crippen molar-refractivity contribution in [1.29, 1.82) is 0 Å². The number of hydrogen-bond acceptors (Lipinski definition) is 3. The van der Waals surface area contributed by atoms with Gasteiger partial charge in [0.05, 0.1) is 16.7 Å². The van der Waals surface area contributed by atoms with E-state index in [0.29, 0.717) is 16.7 Å². The van der Waals surface area contributed by atoms with E-state index < -0.39 is 5.41 Å². The van der Waals surface area contributed by atoms with Crippen LogP contribution in [0.3, 0.4) is 0 Å². The van der Waals surface area contributed by atoms with Gasteiger partial charge in [0.15, 0.2) is 0 Å². The van der Waals surface area contributed by atoms with Gasteiger partial charge in [-0.15, -0.1) is 0 Å². The van der Waals surface area contributed by atoms with E-state index in [0.717, 1.165) is 5.56 Å². The first kappa shape index (κ1) is 12.6. The van der Waals surface area contributed by atoms with Gasteiger partial charge in [-0.2, -0.15) is 0 Å². The quantitative estimate of drug-likeness (QED) is 0.371. The SMILES string of the molecule is [N-]=[N+]=NC[C@@H]1[C@H]2COC(=O)[C@@]12c1ccc(Cl)c(Cl)c1. The van der Waals surface area contributed by atoms with Crippen LogP contribution < -0.4 is 0 Å². The largest absolute Gasteiger partial charge is 0.465 e. The number of esters is 1. The summed E-state index contributed by atoms with van der Waals surface area (Å²) >= 11 is 11.9. The maximum absolute atomic E-state index is 12.1. The molecule has 2 fully saturated rings. The summed E-state index contributed by atoms with van der Waals surface area (Å²) in [7, 11) is 0. The van der Waals surface area contributed by atoms with Gasteiger partial charge in [-0.05, 0) is 29.1 Å². The third-order valence-electron chi connectivity index (χ3n) is 4.02. The van der Waals surface area contributed by atoms with Crippen molar-refractivity contribution in [1.82, 2.24) is 0 Å². The molecule has 1 aromatic carbocycles. The minimum atomic E-state index is -0.706. The van der Waals surface area contributed by atoms with Crippen molar-refractivity contribution >= 4 is 29.2 Å². The molecule has 1 aliphatic carbocycles. The van der Waals surface area contributed by atoms with Crippen LogP contribution in [0.25, 0.3) is 10.4 Å². The van der Waals surface area contributed by atoms with Crippen molar-refractivity contribution in [3.05, 3.63) is 44.3 Å². The van der Waals surface area contributed by atoms with Crippen LogP contribution >= 0.6 is 23.2 Å². The van der Waals surface area contributed by atoms with Gasteiger partial charge in [0, 0.05) is 17.4 Å². The highest BCUT2D eigenvalue weighted by Gasteiger charge is 2.74. The number of fused-ring (bicyclic) bond motifs is 1. The Morgan fingerprint density at radius 1 is 1.47 bits per heavy atom. The van der Waals surface area contributed by atoms with Gasteiger partial charge in [-0.1, -0.05) is 34.4 Å². The lowest BCUT2D eigenvalue weighted by Crippen LogP contribution is -2.23. The molecule has 0 bridgehead atoms. The van der Waals surface area contributed by atoms with E-state index in [9.17, 15) is 4.79 Å². The Balaban J connectivity index is 2.02. The lowest BCUT2D eigenvalue weighted by atomic mass is 9.92. The summed E-state index contributed by atoms with van der Waals surface area (Å²) in [6.07, 6.45) is 0. The molecule has 1 aliphatic heterocycles. The van der Waals surface area contributed by atoms with E-state index >= 15 is 0 Å². The van der Waals surface area contributed by atoms with Crippen LogP contribution in [0.5, 0.6) is 0 Å². The molecule has 3 atom stereocenters. The lowest BCUT2D eigenvalue weighted by molar-refractivity contribution is -0.143. The lowest BCUT2D eigenvalue weighted by Gasteiger charge is -2.13. The molecule has 7 heteroatoms. The second kappa shape index (κ2) is 4.30. The molecule has 0 aromatic heterocycles. The highest BCUT2D eigenvalue weighted by atomic mass is 35.5. The number of carbonyl (C=O) groups excluding carboxylic acids is 1. The van der Waals surface area contributed by atoms with E-state index in [1.807, 2.05) is 0 Å². The van der Waals surface area contributed by atoms with E-state index in [2.05, 4.69) is 10.0 Å². The van der Waals surface area contributed by atoms with Crippen molar-refractivity contribution in [2.45, 2.75) is 5.41 Å². The summed E-state index contributed by atoms with van der Waals surface area (Å²) in [5, 5.41) is 4.42. The van der Waals surface area contributed by atoms with Gasteiger partial charge < -0.3 is 4.74 Å². The molecule has 0 unspecified atom stereocenters. The maximum atomic E-state index is 12.1. The summed E-state index contributed by atoms with van der Waals surface area (Å²) in [5.41, 5.74) is 8.49. The van der Waals surface area contributed by atoms with Crippen LogP contribution in [0.4, 0.5) is 0 Å². The molecule has 98 valence electrons. The third-order valence-corrected chi connectivity index (χ3v) is 4.76. The molecule has 3 rings (SSSR count). The van der Waals surface area contributed by atoms with Crippen molar-refractivity contribution in [2.75, 3.05) is 13.2 Å². The molecule has 0 N–H and O–H groups in total. The number of ether oxygens (including phenoxy) is 1. The molecule has 0 amide bonds. The first-order chi connectivity index (χ1) is 9.12. The summed E-state index contributed by atoms with van der Waals surface area (Å²) < 4.78 is 5.10. The molecule has 0 spiro atoms. The summed E-state index contributed by atoms with van der Waals surface area (Å²) in [6.45, 7) is 0.654. The first-order valence-electron chi connectivity index (χ1n) is 5.76. The van der Waals surface area contributed by atoms with E-state index in [-0.39, 0.29) is 24.3 Å². The zero-order valence-electron chi connectivity index (χ0n) is 9.72. The molecule has 1 aromatic rings. The van der Waals surface area contributed by atoms with Crippen molar-refractivity contribution < 1.29 is 9.53 Å². The fourth-order valence-electron chi connectivity index (χ4n) is 3.07. The van der Waals surface area contributed by atoms with Crippen LogP contribution in [0.15, 0.2) is 23.3 Å². The van der Waals surface area contributed by atoms with E-state index in [1.165, 1.54) is 0 Å². The Labute approximate surface area is 119 Å². The monoisotopic (exact) mass is 297 g/mol. The summed E-state index contributed by atoms with van der Waals surface area (Å²) in [6, 6.07) is 5.14. The first-order valence-corrected chi connectivity index (χ1v) is 6.51. The Morgan fingerprint density at radius 2 is 2.26 bits per heavy atom. The molecule has 5 nitrogen and oxygen atoms in total. The molecule has 19 heavy (non-hydrogen) atoms. The van der Waals surface area contributed by atoms with Gasteiger partial charge in [-0.3, -0.25) is 4.79 Å². The minimum Gasteiger partial charge on any atom is -0.465 e. The van der Waals surface area contributed by atoms with Gasteiger partial charge in [0.1, 0.15) is 5.41 Å². The molecular formula is C12H9Cl2N3O2. The van der Waals surface area contributed by atoms with E-state index in [4.69, 9.17) is 33.5 Å². The number of hydrogen-bond donors (Lipinski definition) is 0. The van der Waals surface area contributed by atoms with E-state index in [1.54, 1.807) is 18.2 Å². The van der Waals surface area contributed by atoms with Crippen molar-refractivity contribution in [3.63, 3.8) is 0 Å². The predicted octanol–water partition coefficient (Wildman–Crippen LogP) is 3.34. The molecule has 1 saturated heterocycles. The maximum Gasteiger partial charge on any atom is 0.317 e. The number of cyclic esters (lactones) is 1. The minimum absolute atomic E-state index is 0.0121. The van der Waals surface area contributed by atoms with Crippen molar-refractivity contribution in [2.24, 2.45) is 17.0 Å². The zero-order chi connectivity index (χ0) is 13.6. The van der Waals surface area contributed by atoms with Gasteiger partial charge in [0.25, 0.3) is 0 Å². The normalized spacial score (nSPS) is 31.4. The van der Waals surface area contributed by atoms with Crippen LogP contribution in [-0.4, -0.2) is 19.1 Å². The number of azide groups is 1. The topological polar surface area (TPSA) is 75.1 Å². The highest BCUT2D eigenvalue weighted by molar-refractivity contribution is 6.42. The van der Waals surface area contributed by atoms with Gasteiger partial charge >= 0.3 is 5.97 Å². The number of benzene rings is 1. The Bertz CT molecular complexity index is 615. The second-order valence-corrected chi connectivity index (χ2v) is 5.54. The number of nitrogens with zero attached hydrogens (tertiary/aromatic N) is 3. The highest BCUT2D eigenvalue weighted by Crippen LogP contribution is 2.64.